The van der Waals surface area contributed by atoms with Crippen LogP contribution in [0.5, 0.6) is 0 Å². The highest BCUT2D eigenvalue weighted by molar-refractivity contribution is 5.85. The van der Waals surface area contributed by atoms with Crippen LogP contribution >= 0.6 is 0 Å². The summed E-state index contributed by atoms with van der Waals surface area (Å²) in [5.41, 5.74) is -0.886. The average molecular weight is 254 g/mol. The minimum atomic E-state index is -0.886. The third-order valence-corrected chi connectivity index (χ3v) is 3.37. The highest BCUT2D eigenvalue weighted by Gasteiger charge is 2.40. The summed E-state index contributed by atoms with van der Waals surface area (Å²) in [6.45, 7) is 1.80. The molecule has 1 aliphatic heterocycles. The number of hydrogen-bond acceptors (Lipinski definition) is 4. The molecule has 0 unspecified atom stereocenters. The number of nitriles is 1. The van der Waals surface area contributed by atoms with Crippen LogP contribution in [0.25, 0.3) is 0 Å². The number of carbonyl (C=O) groups is 1. The number of aliphatic hydroxyl groups is 1. The van der Waals surface area contributed by atoms with Crippen LogP contribution in [0.15, 0.2) is 0 Å². The van der Waals surface area contributed by atoms with Gasteiger partial charge in [-0.2, -0.15) is 5.26 Å². The van der Waals surface area contributed by atoms with Gasteiger partial charge >= 0.3 is 0 Å². The molecule has 0 radical (unpaired) electrons. The maximum Gasteiger partial charge on any atom is 0.240 e. The summed E-state index contributed by atoms with van der Waals surface area (Å²) in [6.07, 6.45) is 4.64. The van der Waals surface area contributed by atoms with Crippen molar-refractivity contribution in [1.29, 1.82) is 5.26 Å². The summed E-state index contributed by atoms with van der Waals surface area (Å²) in [6, 6.07) is 2.15. The van der Waals surface area contributed by atoms with Crippen LogP contribution in [0, 0.1) is 16.7 Å². The second-order valence-electron chi connectivity index (χ2n) is 4.70. The molecule has 1 heterocycles. The molecule has 1 aliphatic rings. The van der Waals surface area contributed by atoms with E-state index in [-0.39, 0.29) is 12.5 Å². The Morgan fingerprint density at radius 1 is 1.28 bits per heavy atom. The molecule has 1 fully saturated rings. The Kier molecular flexibility index (Phi) is 6.69. The molecular weight excluding hydrogens is 232 g/mol. The number of hydrogen-bond donors (Lipinski definition) is 2. The molecule has 5 heteroatoms. The highest BCUT2D eigenvalue weighted by atomic mass is 16.5. The predicted octanol–water partition coefficient (Wildman–Crippen LogP) is 0.976. The molecule has 0 aromatic heterocycles. The van der Waals surface area contributed by atoms with Crippen molar-refractivity contribution in [3.8, 4) is 6.07 Å². The Balaban J connectivity index is 2.24. The van der Waals surface area contributed by atoms with E-state index in [0.29, 0.717) is 32.6 Å². The topological polar surface area (TPSA) is 82.4 Å². The van der Waals surface area contributed by atoms with Gasteiger partial charge in [0.25, 0.3) is 0 Å². The first-order valence-electron chi connectivity index (χ1n) is 6.63. The predicted molar refractivity (Wildman–Crippen MR) is 66.7 cm³/mol. The van der Waals surface area contributed by atoms with E-state index in [4.69, 9.17) is 9.84 Å². The molecule has 1 saturated heterocycles. The van der Waals surface area contributed by atoms with Crippen molar-refractivity contribution in [2.75, 3.05) is 26.4 Å². The summed E-state index contributed by atoms with van der Waals surface area (Å²) in [4.78, 5) is 12.0. The zero-order valence-electron chi connectivity index (χ0n) is 10.8. The number of nitrogens with zero attached hydrogens (tertiary/aromatic N) is 1. The molecule has 0 aromatic rings. The quantitative estimate of drug-likeness (QED) is 0.663. The van der Waals surface area contributed by atoms with Crippen LogP contribution in [-0.2, 0) is 9.53 Å². The van der Waals surface area contributed by atoms with Crippen molar-refractivity contribution < 1.29 is 14.6 Å². The largest absolute Gasteiger partial charge is 0.396 e. The zero-order valence-corrected chi connectivity index (χ0v) is 10.8. The average Bonchev–Trinajstić information content (AvgIpc) is 2.43. The summed E-state index contributed by atoms with van der Waals surface area (Å²) < 4.78 is 5.19. The van der Waals surface area contributed by atoms with Gasteiger partial charge in [0.05, 0.1) is 6.07 Å². The van der Waals surface area contributed by atoms with Crippen molar-refractivity contribution in [2.24, 2.45) is 5.41 Å². The number of aliphatic hydroxyl groups excluding tert-OH is 1. The van der Waals surface area contributed by atoms with Gasteiger partial charge in [-0.25, -0.2) is 0 Å². The Labute approximate surface area is 108 Å². The fourth-order valence-electron chi connectivity index (χ4n) is 2.07. The van der Waals surface area contributed by atoms with Gasteiger partial charge in [0, 0.05) is 26.4 Å². The van der Waals surface area contributed by atoms with Crippen LogP contribution in [-0.4, -0.2) is 37.4 Å². The summed E-state index contributed by atoms with van der Waals surface area (Å²) in [5, 5.41) is 20.7. The van der Waals surface area contributed by atoms with Crippen molar-refractivity contribution in [3.63, 3.8) is 0 Å². The molecule has 0 aliphatic carbocycles. The lowest BCUT2D eigenvalue weighted by atomic mass is 9.81. The molecule has 18 heavy (non-hydrogen) atoms. The highest BCUT2D eigenvalue weighted by Crippen LogP contribution is 2.29. The van der Waals surface area contributed by atoms with Crippen LogP contribution < -0.4 is 5.32 Å². The fraction of sp³-hybridized carbons (Fsp3) is 0.846. The molecule has 2 N–H and O–H groups in total. The molecule has 5 nitrogen and oxygen atoms in total. The van der Waals surface area contributed by atoms with Crippen molar-refractivity contribution in [3.05, 3.63) is 0 Å². The van der Waals surface area contributed by atoms with Gasteiger partial charge in [0.2, 0.25) is 5.91 Å². The Morgan fingerprint density at radius 3 is 2.56 bits per heavy atom. The smallest absolute Gasteiger partial charge is 0.240 e. The van der Waals surface area contributed by atoms with Gasteiger partial charge in [0.1, 0.15) is 5.41 Å². The normalized spacial score (nSPS) is 18.0. The molecule has 0 atom stereocenters. The van der Waals surface area contributed by atoms with E-state index >= 15 is 0 Å². The standard InChI is InChI=1S/C13H22N2O3/c14-11-13(5-9-18-10-6-13)12(17)15-7-3-1-2-4-8-16/h16H,1-10H2,(H,15,17). The lowest BCUT2D eigenvalue weighted by molar-refractivity contribution is -0.132. The zero-order chi connectivity index (χ0) is 13.3. The number of nitrogens with one attached hydrogen (secondary N) is 1. The number of rotatable bonds is 7. The number of unbranched alkanes of at least 4 members (excludes halogenated alkanes) is 3. The SMILES string of the molecule is N#CC1(C(=O)NCCCCCCO)CCOCC1. The van der Waals surface area contributed by atoms with E-state index < -0.39 is 5.41 Å². The maximum atomic E-state index is 12.0. The molecule has 0 spiro atoms. The van der Waals surface area contributed by atoms with E-state index in [9.17, 15) is 10.1 Å². The summed E-state index contributed by atoms with van der Waals surface area (Å²) in [5.74, 6) is -0.157. The second kappa shape index (κ2) is 8.06. The molecule has 0 aromatic carbocycles. The van der Waals surface area contributed by atoms with Crippen LogP contribution in [0.2, 0.25) is 0 Å². The second-order valence-corrected chi connectivity index (χ2v) is 4.70. The van der Waals surface area contributed by atoms with Gasteiger partial charge in [-0.3, -0.25) is 4.79 Å². The summed E-state index contributed by atoms with van der Waals surface area (Å²) >= 11 is 0. The van der Waals surface area contributed by atoms with E-state index in [1.807, 2.05) is 0 Å². The van der Waals surface area contributed by atoms with Crippen molar-refractivity contribution in [1.82, 2.24) is 5.32 Å². The van der Waals surface area contributed by atoms with Crippen molar-refractivity contribution >= 4 is 5.91 Å². The molecule has 0 bridgehead atoms. The van der Waals surface area contributed by atoms with E-state index in [1.165, 1.54) is 0 Å². The lowest BCUT2D eigenvalue weighted by Gasteiger charge is -2.29. The van der Waals surface area contributed by atoms with Gasteiger partial charge in [-0.05, 0) is 25.7 Å². The van der Waals surface area contributed by atoms with Gasteiger partial charge in [-0.1, -0.05) is 12.8 Å². The summed E-state index contributed by atoms with van der Waals surface area (Å²) in [7, 11) is 0. The third kappa shape index (κ3) is 4.28. The van der Waals surface area contributed by atoms with E-state index in [1.54, 1.807) is 0 Å². The third-order valence-electron chi connectivity index (χ3n) is 3.37. The molecule has 0 saturated carbocycles. The first kappa shape index (κ1) is 14.9. The molecule has 102 valence electrons. The van der Waals surface area contributed by atoms with Crippen LogP contribution in [0.1, 0.15) is 38.5 Å². The Morgan fingerprint density at radius 2 is 1.94 bits per heavy atom. The van der Waals surface area contributed by atoms with Gasteiger partial charge in [-0.15, -0.1) is 0 Å². The van der Waals surface area contributed by atoms with E-state index in [0.717, 1.165) is 25.7 Å². The monoisotopic (exact) mass is 254 g/mol. The number of ether oxygens (including phenoxy) is 1. The number of amides is 1. The maximum absolute atomic E-state index is 12.0. The van der Waals surface area contributed by atoms with Gasteiger partial charge < -0.3 is 15.2 Å². The molecule has 1 rings (SSSR count). The fourth-order valence-corrected chi connectivity index (χ4v) is 2.07. The lowest BCUT2D eigenvalue weighted by Crippen LogP contribution is -2.44. The van der Waals surface area contributed by atoms with Crippen LogP contribution in [0.4, 0.5) is 0 Å². The minimum absolute atomic E-state index is 0.157. The Hall–Kier alpha value is -1.12. The van der Waals surface area contributed by atoms with Crippen molar-refractivity contribution in [2.45, 2.75) is 38.5 Å². The Bertz CT molecular complexity index is 293. The van der Waals surface area contributed by atoms with Gasteiger partial charge in [0.15, 0.2) is 0 Å². The first-order valence-corrected chi connectivity index (χ1v) is 6.63. The molecular formula is C13H22N2O3. The van der Waals surface area contributed by atoms with E-state index in [2.05, 4.69) is 11.4 Å². The molecule has 1 amide bonds. The minimum Gasteiger partial charge on any atom is -0.396 e. The first-order chi connectivity index (χ1) is 8.75. The number of carbonyl (C=O) groups excluding carboxylic acids is 1. The van der Waals surface area contributed by atoms with Crippen LogP contribution in [0.3, 0.4) is 0 Å².